The van der Waals surface area contributed by atoms with Crippen molar-refractivity contribution in [3.8, 4) is 11.3 Å². The van der Waals surface area contributed by atoms with Crippen LogP contribution in [0.5, 0.6) is 0 Å². The Morgan fingerprint density at radius 2 is 1.75 bits per heavy atom. The van der Waals surface area contributed by atoms with Crippen LogP contribution in [0.2, 0.25) is 0 Å². The molecule has 3 rings (SSSR count). The first-order valence-electron chi connectivity index (χ1n) is 7.70. The third kappa shape index (κ3) is 2.96. The molecule has 106 valence electrons. The van der Waals surface area contributed by atoms with Crippen molar-refractivity contribution >= 4 is 0 Å². The predicted molar refractivity (Wildman–Crippen MR) is 82.7 cm³/mol. The van der Waals surface area contributed by atoms with Gasteiger partial charge in [-0.25, -0.2) is 0 Å². The van der Waals surface area contributed by atoms with E-state index in [4.69, 9.17) is 4.42 Å². The molecule has 2 aromatic rings. The number of rotatable bonds is 4. The van der Waals surface area contributed by atoms with E-state index in [9.17, 15) is 0 Å². The van der Waals surface area contributed by atoms with E-state index in [0.717, 1.165) is 24.0 Å². The van der Waals surface area contributed by atoms with Crippen molar-refractivity contribution in [2.75, 3.05) is 7.05 Å². The largest absolute Gasteiger partial charge is 0.460 e. The van der Waals surface area contributed by atoms with Gasteiger partial charge in [-0.15, -0.1) is 0 Å². The van der Waals surface area contributed by atoms with E-state index in [1.165, 1.54) is 43.2 Å². The maximum absolute atomic E-state index is 5.83. The lowest BCUT2D eigenvalue weighted by Gasteiger charge is -2.21. The van der Waals surface area contributed by atoms with Gasteiger partial charge >= 0.3 is 0 Å². The van der Waals surface area contributed by atoms with Crippen LogP contribution in [-0.4, -0.2) is 7.05 Å². The van der Waals surface area contributed by atoms with Gasteiger partial charge in [0.15, 0.2) is 0 Å². The quantitative estimate of drug-likeness (QED) is 0.869. The summed E-state index contributed by atoms with van der Waals surface area (Å²) in [7, 11) is 1.93. The van der Waals surface area contributed by atoms with Crippen molar-refractivity contribution in [2.24, 2.45) is 0 Å². The van der Waals surface area contributed by atoms with E-state index in [2.05, 4.69) is 35.6 Å². The fourth-order valence-electron chi connectivity index (χ4n) is 3.16. The van der Waals surface area contributed by atoms with Crippen molar-refractivity contribution in [3.05, 3.63) is 47.7 Å². The van der Waals surface area contributed by atoms with E-state index in [0.29, 0.717) is 0 Å². The highest BCUT2D eigenvalue weighted by Gasteiger charge is 2.15. The molecule has 1 heterocycles. The minimum Gasteiger partial charge on any atom is -0.460 e. The van der Waals surface area contributed by atoms with Crippen molar-refractivity contribution in [2.45, 2.75) is 44.6 Å². The summed E-state index contributed by atoms with van der Waals surface area (Å²) in [6, 6.07) is 13.1. The molecule has 1 fully saturated rings. The molecule has 0 atom stereocenters. The van der Waals surface area contributed by atoms with Gasteiger partial charge in [0.25, 0.3) is 0 Å². The number of hydrogen-bond acceptors (Lipinski definition) is 2. The highest BCUT2D eigenvalue weighted by molar-refractivity contribution is 5.58. The Hall–Kier alpha value is -1.54. The van der Waals surface area contributed by atoms with Crippen molar-refractivity contribution in [3.63, 3.8) is 0 Å². The van der Waals surface area contributed by atoms with Crippen LogP contribution in [0.15, 0.2) is 40.8 Å². The molecule has 0 saturated heterocycles. The van der Waals surface area contributed by atoms with Gasteiger partial charge in [0, 0.05) is 5.56 Å². The normalized spacial score (nSPS) is 16.4. The molecule has 0 spiro atoms. The minimum atomic E-state index is 0.772. The number of furan rings is 1. The van der Waals surface area contributed by atoms with Crippen LogP contribution in [0.4, 0.5) is 0 Å². The minimum absolute atomic E-state index is 0.772. The topological polar surface area (TPSA) is 25.2 Å². The van der Waals surface area contributed by atoms with Gasteiger partial charge in [-0.1, -0.05) is 43.5 Å². The van der Waals surface area contributed by atoms with Crippen molar-refractivity contribution < 1.29 is 4.42 Å². The van der Waals surface area contributed by atoms with E-state index in [-0.39, 0.29) is 0 Å². The summed E-state index contributed by atoms with van der Waals surface area (Å²) < 4.78 is 5.83. The Balaban J connectivity index is 1.74. The molecule has 0 amide bonds. The van der Waals surface area contributed by atoms with Gasteiger partial charge in [-0.05, 0) is 43.5 Å². The lowest BCUT2D eigenvalue weighted by molar-refractivity contribution is 0.443. The zero-order chi connectivity index (χ0) is 13.8. The van der Waals surface area contributed by atoms with Crippen LogP contribution >= 0.6 is 0 Å². The maximum Gasteiger partial charge on any atom is 0.134 e. The molecule has 1 aromatic heterocycles. The zero-order valence-corrected chi connectivity index (χ0v) is 12.2. The fraction of sp³-hybridized carbons (Fsp3) is 0.444. The van der Waals surface area contributed by atoms with Crippen LogP contribution in [0.25, 0.3) is 11.3 Å². The average molecular weight is 269 g/mol. The fourth-order valence-corrected chi connectivity index (χ4v) is 3.16. The summed E-state index contributed by atoms with van der Waals surface area (Å²) >= 11 is 0. The van der Waals surface area contributed by atoms with Gasteiger partial charge in [0.1, 0.15) is 11.5 Å². The second-order valence-corrected chi connectivity index (χ2v) is 5.75. The summed E-state index contributed by atoms with van der Waals surface area (Å²) in [4.78, 5) is 0. The SMILES string of the molecule is CNCc1ccc(-c2ccc(C3CCCCC3)cc2)o1. The molecule has 1 saturated carbocycles. The molecule has 0 unspecified atom stereocenters. The second-order valence-electron chi connectivity index (χ2n) is 5.75. The lowest BCUT2D eigenvalue weighted by Crippen LogP contribution is -2.04. The molecule has 1 N–H and O–H groups in total. The van der Waals surface area contributed by atoms with Gasteiger partial charge in [-0.2, -0.15) is 0 Å². The predicted octanol–water partition coefficient (Wildman–Crippen LogP) is 4.71. The van der Waals surface area contributed by atoms with Crippen LogP contribution in [0.3, 0.4) is 0 Å². The van der Waals surface area contributed by atoms with Crippen LogP contribution in [0, 0.1) is 0 Å². The van der Waals surface area contributed by atoms with Crippen molar-refractivity contribution in [1.29, 1.82) is 0 Å². The highest BCUT2D eigenvalue weighted by atomic mass is 16.3. The monoisotopic (exact) mass is 269 g/mol. The van der Waals surface area contributed by atoms with Gasteiger partial charge < -0.3 is 9.73 Å². The molecule has 1 aliphatic carbocycles. The van der Waals surface area contributed by atoms with Crippen LogP contribution in [0.1, 0.15) is 49.3 Å². The molecule has 1 aromatic carbocycles. The Bertz CT molecular complexity index is 535. The molecule has 0 radical (unpaired) electrons. The summed E-state index contributed by atoms with van der Waals surface area (Å²) in [6.45, 7) is 0.778. The maximum atomic E-state index is 5.83. The lowest BCUT2D eigenvalue weighted by atomic mass is 9.84. The van der Waals surface area contributed by atoms with Crippen molar-refractivity contribution in [1.82, 2.24) is 5.32 Å². The highest BCUT2D eigenvalue weighted by Crippen LogP contribution is 2.33. The third-order valence-electron chi connectivity index (χ3n) is 4.28. The molecular formula is C18H23NO. The Kier molecular flexibility index (Phi) is 4.22. The molecule has 2 nitrogen and oxygen atoms in total. The molecular weight excluding hydrogens is 246 g/mol. The van der Waals surface area contributed by atoms with E-state index in [1.54, 1.807) is 0 Å². The molecule has 20 heavy (non-hydrogen) atoms. The first kappa shape index (κ1) is 13.4. The average Bonchev–Trinajstić information content (AvgIpc) is 2.97. The summed E-state index contributed by atoms with van der Waals surface area (Å²) in [6.07, 6.45) is 6.89. The second kappa shape index (κ2) is 6.27. The third-order valence-corrected chi connectivity index (χ3v) is 4.28. The Morgan fingerprint density at radius 1 is 1.00 bits per heavy atom. The number of hydrogen-bond donors (Lipinski definition) is 1. The molecule has 1 aliphatic rings. The summed E-state index contributed by atoms with van der Waals surface area (Å²) in [5.74, 6) is 2.72. The number of benzene rings is 1. The summed E-state index contributed by atoms with van der Waals surface area (Å²) in [5.41, 5.74) is 2.67. The van der Waals surface area contributed by atoms with Gasteiger partial charge in [0.2, 0.25) is 0 Å². The first-order chi connectivity index (χ1) is 9.86. The van der Waals surface area contributed by atoms with E-state index >= 15 is 0 Å². The van der Waals surface area contributed by atoms with E-state index < -0.39 is 0 Å². The molecule has 0 bridgehead atoms. The zero-order valence-electron chi connectivity index (χ0n) is 12.2. The van der Waals surface area contributed by atoms with Gasteiger partial charge in [0.05, 0.1) is 6.54 Å². The summed E-state index contributed by atoms with van der Waals surface area (Å²) in [5, 5.41) is 3.11. The first-order valence-corrected chi connectivity index (χ1v) is 7.70. The van der Waals surface area contributed by atoms with E-state index in [1.807, 2.05) is 13.1 Å². The molecule has 2 heteroatoms. The molecule has 0 aliphatic heterocycles. The Morgan fingerprint density at radius 3 is 2.45 bits per heavy atom. The van der Waals surface area contributed by atoms with Crippen LogP contribution < -0.4 is 5.32 Å². The van der Waals surface area contributed by atoms with Crippen LogP contribution in [-0.2, 0) is 6.54 Å². The standard InChI is InChI=1S/C18H23NO/c1-19-13-17-11-12-18(20-17)16-9-7-15(8-10-16)14-5-3-2-4-6-14/h7-12,14,19H,2-6,13H2,1H3. The number of nitrogens with one attached hydrogen (secondary N) is 1. The Labute approximate surface area is 121 Å². The smallest absolute Gasteiger partial charge is 0.134 e. The van der Waals surface area contributed by atoms with Gasteiger partial charge in [-0.3, -0.25) is 0 Å².